The summed E-state index contributed by atoms with van der Waals surface area (Å²) >= 11 is 0. The zero-order chi connectivity index (χ0) is 15.6. The van der Waals surface area contributed by atoms with Gasteiger partial charge in [0.15, 0.2) is 0 Å². The quantitative estimate of drug-likeness (QED) is 0.589. The molecule has 0 radical (unpaired) electrons. The number of hydrogen-bond acceptors (Lipinski definition) is 1. The van der Waals surface area contributed by atoms with Gasteiger partial charge >= 0.3 is 6.18 Å². The summed E-state index contributed by atoms with van der Waals surface area (Å²) in [5.41, 5.74) is -0.140. The van der Waals surface area contributed by atoms with E-state index in [0.29, 0.717) is 12.6 Å². The summed E-state index contributed by atoms with van der Waals surface area (Å²) in [6, 6.07) is 1.65. The molecule has 0 fully saturated rings. The third-order valence-corrected chi connectivity index (χ3v) is 3.39. The third kappa shape index (κ3) is 3.43. The number of alkyl halides is 3. The Hall–Kier alpha value is -1.85. The van der Waals surface area contributed by atoms with Crippen LogP contribution in [0.5, 0.6) is 0 Å². The van der Waals surface area contributed by atoms with Crippen molar-refractivity contribution in [3.63, 3.8) is 0 Å². The molecule has 0 amide bonds. The van der Waals surface area contributed by atoms with Crippen LogP contribution in [0.2, 0.25) is 0 Å². The Bertz CT molecular complexity index is 582. The topological polar surface area (TPSA) is 17.8 Å². The van der Waals surface area contributed by atoms with E-state index in [1.807, 2.05) is 0 Å². The summed E-state index contributed by atoms with van der Waals surface area (Å²) in [4.78, 5) is 0. The van der Waals surface area contributed by atoms with Crippen LogP contribution in [-0.2, 0) is 13.0 Å². The number of fused-ring (bicyclic) bond motifs is 1. The molecule has 2 heterocycles. The highest BCUT2D eigenvalue weighted by molar-refractivity contribution is 5.77. The molecule has 0 saturated heterocycles. The molecule has 0 aliphatic carbocycles. The molecule has 1 aliphatic rings. The van der Waals surface area contributed by atoms with Gasteiger partial charge in [0.2, 0.25) is 0 Å². The fraction of sp³-hybridized carbons (Fsp3) is 0.400. The van der Waals surface area contributed by atoms with Gasteiger partial charge in [0.1, 0.15) is 5.83 Å². The largest absolute Gasteiger partial charge is 0.415 e. The number of aromatic nitrogens is 2. The maximum absolute atomic E-state index is 13.9. The number of aryl methyl sites for hydroxylation is 2. The molecule has 0 saturated carbocycles. The summed E-state index contributed by atoms with van der Waals surface area (Å²) in [6.45, 7) is 5.09. The van der Waals surface area contributed by atoms with Gasteiger partial charge in [-0.1, -0.05) is 12.7 Å². The summed E-state index contributed by atoms with van der Waals surface area (Å²) < 4.78 is 53.5. The molecule has 0 bridgehead atoms. The van der Waals surface area contributed by atoms with E-state index >= 15 is 0 Å². The normalized spacial score (nSPS) is 16.8. The van der Waals surface area contributed by atoms with E-state index < -0.39 is 17.6 Å². The minimum Gasteiger partial charge on any atom is -0.269 e. The standard InChI is InChI=1S/C15H16F4N2/c1-3-13(16)12(8-10(2)15(17,18)19)14-9-11-6-4-5-7-21(11)20-14/h3,8-9H,2,4-7H2,1H3/b12-8+,13-3+. The lowest BCUT2D eigenvalue weighted by Gasteiger charge is -2.11. The van der Waals surface area contributed by atoms with Gasteiger partial charge in [0.25, 0.3) is 0 Å². The number of halogens is 4. The lowest BCUT2D eigenvalue weighted by Crippen LogP contribution is -2.11. The van der Waals surface area contributed by atoms with E-state index in [4.69, 9.17) is 0 Å². The maximum atomic E-state index is 13.9. The predicted octanol–water partition coefficient (Wildman–Crippen LogP) is 4.59. The molecule has 0 atom stereocenters. The first-order valence-corrected chi connectivity index (χ1v) is 6.70. The van der Waals surface area contributed by atoms with Crippen LogP contribution in [0.25, 0.3) is 5.57 Å². The summed E-state index contributed by atoms with van der Waals surface area (Å²) in [6.07, 6.45) is 0.0220. The molecule has 0 aromatic carbocycles. The van der Waals surface area contributed by atoms with E-state index in [9.17, 15) is 17.6 Å². The van der Waals surface area contributed by atoms with Crippen molar-refractivity contribution >= 4 is 5.57 Å². The Morgan fingerprint density at radius 3 is 2.67 bits per heavy atom. The van der Waals surface area contributed by atoms with Crippen LogP contribution in [-0.4, -0.2) is 16.0 Å². The van der Waals surface area contributed by atoms with Crippen LogP contribution >= 0.6 is 0 Å². The smallest absolute Gasteiger partial charge is 0.269 e. The molecule has 2 nitrogen and oxygen atoms in total. The highest BCUT2D eigenvalue weighted by atomic mass is 19.4. The third-order valence-electron chi connectivity index (χ3n) is 3.39. The molecular formula is C15H16F4N2. The van der Waals surface area contributed by atoms with Gasteiger partial charge in [-0.25, -0.2) is 4.39 Å². The first-order chi connectivity index (χ1) is 9.82. The van der Waals surface area contributed by atoms with Crippen molar-refractivity contribution in [1.82, 2.24) is 9.78 Å². The van der Waals surface area contributed by atoms with Crippen LogP contribution in [0.3, 0.4) is 0 Å². The Labute approximate surface area is 120 Å². The zero-order valence-electron chi connectivity index (χ0n) is 11.7. The van der Waals surface area contributed by atoms with Crippen molar-refractivity contribution in [3.8, 4) is 0 Å². The molecular weight excluding hydrogens is 284 g/mol. The Kier molecular flexibility index (Phi) is 4.34. The highest BCUT2D eigenvalue weighted by Crippen LogP contribution is 2.32. The second-order valence-corrected chi connectivity index (χ2v) is 4.92. The SMILES string of the molecule is C=C(/C=C(\C(F)=C/C)c1cc2n(n1)CCCC2)C(F)(F)F. The van der Waals surface area contributed by atoms with Gasteiger partial charge < -0.3 is 0 Å². The number of nitrogens with zero attached hydrogens (tertiary/aromatic N) is 2. The van der Waals surface area contributed by atoms with Crippen LogP contribution in [0.4, 0.5) is 17.6 Å². The van der Waals surface area contributed by atoms with Crippen molar-refractivity contribution in [3.05, 3.63) is 47.6 Å². The van der Waals surface area contributed by atoms with Gasteiger partial charge in [-0.05, 0) is 38.3 Å². The van der Waals surface area contributed by atoms with E-state index in [0.717, 1.165) is 31.0 Å². The first-order valence-electron chi connectivity index (χ1n) is 6.70. The molecule has 6 heteroatoms. The lowest BCUT2D eigenvalue weighted by molar-refractivity contribution is -0.0877. The van der Waals surface area contributed by atoms with Gasteiger partial charge in [0, 0.05) is 23.4 Å². The van der Waals surface area contributed by atoms with Gasteiger partial charge in [0.05, 0.1) is 5.69 Å². The Balaban J connectivity index is 2.44. The minimum absolute atomic E-state index is 0.179. The second kappa shape index (κ2) is 5.87. The van der Waals surface area contributed by atoms with Crippen LogP contribution in [0, 0.1) is 0 Å². The average Bonchev–Trinajstić information content (AvgIpc) is 2.85. The first kappa shape index (κ1) is 15.5. The molecule has 0 spiro atoms. The molecule has 1 aromatic heterocycles. The fourth-order valence-corrected chi connectivity index (χ4v) is 2.23. The van der Waals surface area contributed by atoms with Crippen LogP contribution < -0.4 is 0 Å². The molecule has 2 rings (SSSR count). The summed E-state index contributed by atoms with van der Waals surface area (Å²) in [5, 5.41) is 4.21. The maximum Gasteiger partial charge on any atom is 0.415 e. The lowest BCUT2D eigenvalue weighted by atomic mass is 10.1. The van der Waals surface area contributed by atoms with E-state index in [-0.39, 0.29) is 11.3 Å². The average molecular weight is 300 g/mol. The van der Waals surface area contributed by atoms with Gasteiger partial charge in [-0.2, -0.15) is 18.3 Å². The highest BCUT2D eigenvalue weighted by Gasteiger charge is 2.31. The van der Waals surface area contributed by atoms with Crippen molar-refractivity contribution < 1.29 is 17.6 Å². The summed E-state index contributed by atoms with van der Waals surface area (Å²) in [5.74, 6) is -0.740. The molecule has 114 valence electrons. The monoisotopic (exact) mass is 300 g/mol. The van der Waals surface area contributed by atoms with E-state index in [1.165, 1.54) is 6.92 Å². The van der Waals surface area contributed by atoms with Gasteiger partial charge in [-0.15, -0.1) is 0 Å². The van der Waals surface area contributed by atoms with Crippen molar-refractivity contribution in [1.29, 1.82) is 0 Å². The molecule has 0 unspecified atom stereocenters. The minimum atomic E-state index is -4.58. The van der Waals surface area contributed by atoms with E-state index in [2.05, 4.69) is 11.7 Å². The predicted molar refractivity (Wildman–Crippen MR) is 73.2 cm³/mol. The Morgan fingerprint density at radius 2 is 2.10 bits per heavy atom. The zero-order valence-corrected chi connectivity index (χ0v) is 11.7. The molecule has 21 heavy (non-hydrogen) atoms. The molecule has 1 aromatic rings. The molecule has 0 N–H and O–H groups in total. The second-order valence-electron chi connectivity index (χ2n) is 4.92. The number of rotatable bonds is 3. The fourth-order valence-electron chi connectivity index (χ4n) is 2.23. The Morgan fingerprint density at radius 1 is 1.38 bits per heavy atom. The van der Waals surface area contributed by atoms with Crippen LogP contribution in [0.15, 0.2) is 36.2 Å². The molecule has 1 aliphatic heterocycles. The van der Waals surface area contributed by atoms with Crippen LogP contribution in [0.1, 0.15) is 31.2 Å². The summed E-state index contributed by atoms with van der Waals surface area (Å²) in [7, 11) is 0. The number of allylic oxidation sites excluding steroid dienone is 5. The van der Waals surface area contributed by atoms with Crippen molar-refractivity contribution in [2.45, 2.75) is 38.9 Å². The van der Waals surface area contributed by atoms with Crippen molar-refractivity contribution in [2.75, 3.05) is 0 Å². The van der Waals surface area contributed by atoms with E-state index in [1.54, 1.807) is 10.7 Å². The number of hydrogen-bond donors (Lipinski definition) is 0. The van der Waals surface area contributed by atoms with Crippen molar-refractivity contribution in [2.24, 2.45) is 0 Å². The van der Waals surface area contributed by atoms with Gasteiger partial charge in [-0.3, -0.25) is 4.68 Å².